The molecule has 1 aliphatic heterocycles. The summed E-state index contributed by atoms with van der Waals surface area (Å²) in [6.45, 7) is 0.585. The van der Waals surface area contributed by atoms with Gasteiger partial charge in [0.2, 0.25) is 11.9 Å². The van der Waals surface area contributed by atoms with Crippen LogP contribution < -0.4 is 5.32 Å². The van der Waals surface area contributed by atoms with Crippen LogP contribution in [0.2, 0.25) is 0 Å². The van der Waals surface area contributed by atoms with Crippen LogP contribution in [0.3, 0.4) is 0 Å². The van der Waals surface area contributed by atoms with Crippen molar-refractivity contribution in [3.05, 3.63) is 36.4 Å². The van der Waals surface area contributed by atoms with Crippen LogP contribution in [0.4, 0.5) is 20.4 Å². The summed E-state index contributed by atoms with van der Waals surface area (Å²) in [5.74, 6) is -3.50. The molecule has 2 aromatic heterocycles. The molecule has 162 valence electrons. The number of aromatic nitrogens is 4. The Balaban J connectivity index is 1.21. The molecule has 3 heterocycles. The average Bonchev–Trinajstić information content (AvgIpc) is 3.61. The van der Waals surface area contributed by atoms with E-state index in [9.17, 15) is 13.6 Å². The lowest BCUT2D eigenvalue weighted by Crippen LogP contribution is -2.37. The SMILES string of the molecule is O=C([C@@H]1CC1(F)F)N1CC2CCC(c3ccnc(Nc4cnn(C5CC5)c4)n3)=CC1C2. The van der Waals surface area contributed by atoms with Crippen molar-refractivity contribution < 1.29 is 13.6 Å². The van der Waals surface area contributed by atoms with Crippen LogP contribution in [0, 0.1) is 11.8 Å². The third-order valence-electron chi connectivity index (χ3n) is 6.82. The third kappa shape index (κ3) is 3.59. The van der Waals surface area contributed by atoms with Crippen molar-refractivity contribution in [3.8, 4) is 0 Å². The molecular weight excluding hydrogens is 402 g/mol. The number of fused-ring (bicyclic) bond motifs is 2. The summed E-state index contributed by atoms with van der Waals surface area (Å²) in [6.07, 6.45) is 12.2. The molecule has 2 unspecified atom stereocenters. The van der Waals surface area contributed by atoms with Crippen LogP contribution in [0.1, 0.15) is 50.3 Å². The molecule has 9 heteroatoms. The normalized spacial score (nSPS) is 28.8. The van der Waals surface area contributed by atoms with Gasteiger partial charge in [0.05, 0.1) is 29.7 Å². The quantitative estimate of drug-likeness (QED) is 0.787. The molecule has 2 saturated carbocycles. The molecule has 0 aromatic carbocycles. The molecule has 0 spiro atoms. The van der Waals surface area contributed by atoms with Gasteiger partial charge in [-0.05, 0) is 49.7 Å². The van der Waals surface area contributed by atoms with Gasteiger partial charge >= 0.3 is 0 Å². The van der Waals surface area contributed by atoms with E-state index in [0.29, 0.717) is 24.5 Å². The number of carbonyl (C=O) groups is 1. The van der Waals surface area contributed by atoms with Crippen molar-refractivity contribution >= 4 is 23.1 Å². The smallest absolute Gasteiger partial charge is 0.260 e. The number of nitrogens with zero attached hydrogens (tertiary/aromatic N) is 5. The Kier molecular flexibility index (Phi) is 4.16. The highest BCUT2D eigenvalue weighted by atomic mass is 19.3. The number of alkyl halides is 2. The maximum atomic E-state index is 13.4. The summed E-state index contributed by atoms with van der Waals surface area (Å²) in [4.78, 5) is 23.3. The van der Waals surface area contributed by atoms with E-state index >= 15 is 0 Å². The molecule has 31 heavy (non-hydrogen) atoms. The highest BCUT2D eigenvalue weighted by Gasteiger charge is 2.63. The van der Waals surface area contributed by atoms with Gasteiger partial charge in [-0.2, -0.15) is 5.10 Å². The summed E-state index contributed by atoms with van der Waals surface area (Å²) in [7, 11) is 0. The van der Waals surface area contributed by atoms with Crippen molar-refractivity contribution in [2.24, 2.45) is 11.8 Å². The van der Waals surface area contributed by atoms with E-state index in [1.165, 1.54) is 12.8 Å². The lowest BCUT2D eigenvalue weighted by molar-refractivity contribution is -0.135. The van der Waals surface area contributed by atoms with E-state index in [1.807, 2.05) is 16.9 Å². The van der Waals surface area contributed by atoms with Gasteiger partial charge in [-0.15, -0.1) is 0 Å². The van der Waals surface area contributed by atoms with Crippen LogP contribution in [0.15, 0.2) is 30.7 Å². The monoisotopic (exact) mass is 426 g/mol. The maximum Gasteiger partial charge on any atom is 0.260 e. The highest BCUT2D eigenvalue weighted by Crippen LogP contribution is 2.51. The minimum atomic E-state index is -2.82. The number of halogens is 2. The lowest BCUT2D eigenvalue weighted by atomic mass is 10.00. The first-order valence-electron chi connectivity index (χ1n) is 11.0. The summed E-state index contributed by atoms with van der Waals surface area (Å²) in [6, 6.07) is 2.25. The zero-order valence-electron chi connectivity index (χ0n) is 17.0. The number of allylic oxidation sites excluding steroid dienone is 1. The summed E-state index contributed by atoms with van der Waals surface area (Å²) < 4.78 is 28.9. The van der Waals surface area contributed by atoms with E-state index in [0.717, 1.165) is 36.2 Å². The van der Waals surface area contributed by atoms with Crippen molar-refractivity contribution in [2.45, 2.75) is 56.5 Å². The van der Waals surface area contributed by atoms with Gasteiger partial charge in [0.25, 0.3) is 5.92 Å². The van der Waals surface area contributed by atoms with Crippen LogP contribution in [0.25, 0.3) is 5.57 Å². The molecule has 6 rings (SSSR count). The van der Waals surface area contributed by atoms with Gasteiger partial charge in [0, 0.05) is 25.4 Å². The van der Waals surface area contributed by atoms with E-state index in [2.05, 4.69) is 26.5 Å². The Morgan fingerprint density at radius 3 is 2.87 bits per heavy atom. The van der Waals surface area contributed by atoms with Crippen LogP contribution >= 0.6 is 0 Å². The Morgan fingerprint density at radius 1 is 1.26 bits per heavy atom. The molecule has 3 fully saturated rings. The number of amides is 1. The minimum absolute atomic E-state index is 0.130. The van der Waals surface area contributed by atoms with E-state index < -0.39 is 17.7 Å². The highest BCUT2D eigenvalue weighted by molar-refractivity contribution is 5.84. The number of hydrogen-bond donors (Lipinski definition) is 1. The third-order valence-corrected chi connectivity index (χ3v) is 6.82. The molecule has 3 aliphatic carbocycles. The fraction of sp³-hybridized carbons (Fsp3) is 0.545. The maximum absolute atomic E-state index is 13.4. The van der Waals surface area contributed by atoms with E-state index in [1.54, 1.807) is 17.3 Å². The number of nitrogens with one attached hydrogen (secondary N) is 1. The number of likely N-dealkylation sites (tertiary alicyclic amines) is 1. The number of anilines is 2. The Hall–Kier alpha value is -2.84. The lowest BCUT2D eigenvalue weighted by Gasteiger charge is -2.24. The van der Waals surface area contributed by atoms with Gasteiger partial charge in [-0.25, -0.2) is 18.7 Å². The average molecular weight is 426 g/mol. The minimum Gasteiger partial charge on any atom is -0.336 e. The number of rotatable bonds is 5. The Labute approximate surface area is 178 Å². The topological polar surface area (TPSA) is 75.9 Å². The largest absolute Gasteiger partial charge is 0.336 e. The molecule has 1 N–H and O–H groups in total. The zero-order chi connectivity index (χ0) is 21.2. The first-order chi connectivity index (χ1) is 15.0. The number of hydrogen-bond acceptors (Lipinski definition) is 5. The van der Waals surface area contributed by atoms with Crippen LogP contribution in [-0.4, -0.2) is 49.1 Å². The Morgan fingerprint density at radius 2 is 2.10 bits per heavy atom. The second-order valence-corrected chi connectivity index (χ2v) is 9.24. The zero-order valence-corrected chi connectivity index (χ0v) is 17.0. The van der Waals surface area contributed by atoms with Gasteiger partial charge < -0.3 is 10.2 Å². The van der Waals surface area contributed by atoms with Crippen molar-refractivity contribution in [3.63, 3.8) is 0 Å². The molecule has 0 radical (unpaired) electrons. The molecule has 2 aromatic rings. The van der Waals surface area contributed by atoms with Gasteiger partial charge in [0.15, 0.2) is 0 Å². The van der Waals surface area contributed by atoms with E-state index in [4.69, 9.17) is 0 Å². The standard InChI is InChI=1S/C22H24F2N6O/c23-22(24)9-18(22)20(31)29-11-13-1-2-14(8-17(29)7-13)19-5-6-25-21(28-19)27-15-10-26-30(12-15)16-3-4-16/h5-6,8,10,12-13,16-18H,1-4,7,9,11H2,(H,25,27,28)/t13?,17?,18-/m0/s1. The second-order valence-electron chi connectivity index (χ2n) is 9.24. The first-order valence-corrected chi connectivity index (χ1v) is 11.0. The molecular formula is C22H24F2N6O. The van der Waals surface area contributed by atoms with Crippen molar-refractivity contribution in [1.29, 1.82) is 0 Å². The van der Waals surface area contributed by atoms with Crippen molar-refractivity contribution in [1.82, 2.24) is 24.6 Å². The van der Waals surface area contributed by atoms with Crippen LogP contribution in [-0.2, 0) is 4.79 Å². The van der Waals surface area contributed by atoms with Gasteiger partial charge in [-0.1, -0.05) is 6.08 Å². The predicted molar refractivity (Wildman–Crippen MR) is 110 cm³/mol. The summed E-state index contributed by atoms with van der Waals surface area (Å²) in [5, 5.41) is 7.59. The van der Waals surface area contributed by atoms with Crippen molar-refractivity contribution in [2.75, 3.05) is 11.9 Å². The molecule has 3 atom stereocenters. The van der Waals surface area contributed by atoms with E-state index in [-0.39, 0.29) is 12.5 Å². The molecule has 2 bridgehead atoms. The molecule has 7 nitrogen and oxygen atoms in total. The molecule has 1 amide bonds. The fourth-order valence-corrected chi connectivity index (χ4v) is 4.82. The predicted octanol–water partition coefficient (Wildman–Crippen LogP) is 3.80. The molecule has 1 saturated heterocycles. The Bertz CT molecular complexity index is 1060. The first kappa shape index (κ1) is 18.9. The summed E-state index contributed by atoms with van der Waals surface area (Å²) >= 11 is 0. The number of carbonyl (C=O) groups excluding carboxylic acids is 1. The van der Waals surface area contributed by atoms with Crippen LogP contribution in [0.5, 0.6) is 0 Å². The molecule has 4 aliphatic rings. The van der Waals surface area contributed by atoms with Gasteiger partial charge in [-0.3, -0.25) is 9.48 Å². The summed E-state index contributed by atoms with van der Waals surface area (Å²) in [5.41, 5.74) is 2.70. The fourth-order valence-electron chi connectivity index (χ4n) is 4.82. The second kappa shape index (κ2) is 6.83. The van der Waals surface area contributed by atoms with Gasteiger partial charge in [0.1, 0.15) is 5.92 Å².